The van der Waals surface area contributed by atoms with Crippen LogP contribution in [0.5, 0.6) is 0 Å². The van der Waals surface area contributed by atoms with E-state index >= 15 is 0 Å². The molecule has 1 N–H and O–H groups in total. The Balaban J connectivity index is 1.37. The molecule has 3 aromatic carbocycles. The summed E-state index contributed by atoms with van der Waals surface area (Å²) >= 11 is 0. The van der Waals surface area contributed by atoms with Crippen LogP contribution in [0.3, 0.4) is 0 Å². The van der Waals surface area contributed by atoms with Crippen LogP contribution in [0.15, 0.2) is 82.4 Å². The number of ketones is 1. The van der Waals surface area contributed by atoms with Crippen molar-refractivity contribution in [3.8, 4) is 0 Å². The van der Waals surface area contributed by atoms with Gasteiger partial charge in [0.2, 0.25) is 0 Å². The van der Waals surface area contributed by atoms with Crippen molar-refractivity contribution in [2.24, 2.45) is 0 Å². The van der Waals surface area contributed by atoms with Crippen molar-refractivity contribution in [3.05, 3.63) is 116 Å². The van der Waals surface area contributed by atoms with Gasteiger partial charge in [0.1, 0.15) is 6.61 Å². The second-order valence-corrected chi connectivity index (χ2v) is 10.0. The third-order valence-corrected chi connectivity index (χ3v) is 7.39. The number of piperidine rings is 1. The average molecular weight is 512 g/mol. The molecular weight excluding hydrogens is 478 g/mol. The Kier molecular flexibility index (Phi) is 7.96. The fraction of sp³-hybridized carbons (Fsp3) is 0.323. The van der Waals surface area contributed by atoms with Crippen LogP contribution >= 0.6 is 0 Å². The highest BCUT2D eigenvalue weighted by Gasteiger charge is 2.14. The van der Waals surface area contributed by atoms with Gasteiger partial charge in [0.15, 0.2) is 5.78 Å². The molecule has 1 aliphatic heterocycles. The summed E-state index contributed by atoms with van der Waals surface area (Å²) in [5, 5.41) is 9.58. The second-order valence-electron chi connectivity index (χ2n) is 10.0. The maximum absolute atomic E-state index is 13.6. The van der Waals surface area contributed by atoms with E-state index in [0.717, 1.165) is 30.8 Å². The zero-order valence-electron chi connectivity index (χ0n) is 21.5. The molecule has 196 valence electrons. The van der Waals surface area contributed by atoms with E-state index in [1.807, 2.05) is 6.07 Å². The van der Waals surface area contributed by atoms with E-state index in [0.29, 0.717) is 22.9 Å². The first-order chi connectivity index (χ1) is 18.5. The highest BCUT2D eigenvalue weighted by molar-refractivity contribution is 5.96. The molecule has 2 heterocycles. The summed E-state index contributed by atoms with van der Waals surface area (Å²) in [6.07, 6.45) is 4.44. The Morgan fingerprint density at radius 2 is 1.37 bits per heavy atom. The standard InChI is InChI=1S/C31H33N3O4/c35-22-29(36)26-14-12-25(13-15-26)21-34-28-7-3-2-6-27(28)30(37)33(31(34)38)19-16-23-8-10-24(11-9-23)20-32-17-4-1-5-18-32/h2-3,6-15,35H,1,4-5,16-22H2. The van der Waals surface area contributed by atoms with Crippen LogP contribution in [0.4, 0.5) is 0 Å². The van der Waals surface area contributed by atoms with E-state index in [4.69, 9.17) is 5.11 Å². The largest absolute Gasteiger partial charge is 0.388 e. The average Bonchev–Trinajstić information content (AvgIpc) is 2.96. The highest BCUT2D eigenvalue weighted by Crippen LogP contribution is 2.15. The Morgan fingerprint density at radius 3 is 2.08 bits per heavy atom. The number of nitrogens with zero attached hydrogens (tertiary/aromatic N) is 3. The topological polar surface area (TPSA) is 84.5 Å². The summed E-state index contributed by atoms with van der Waals surface area (Å²) in [7, 11) is 0. The van der Waals surface area contributed by atoms with Crippen LogP contribution in [-0.2, 0) is 26.1 Å². The molecule has 5 rings (SSSR count). The van der Waals surface area contributed by atoms with E-state index < -0.39 is 6.61 Å². The molecule has 1 aromatic heterocycles. The van der Waals surface area contributed by atoms with Crippen LogP contribution in [-0.4, -0.2) is 44.6 Å². The van der Waals surface area contributed by atoms with Crippen molar-refractivity contribution < 1.29 is 9.90 Å². The predicted octanol–water partition coefficient (Wildman–Crippen LogP) is 3.62. The minimum absolute atomic E-state index is 0.262. The fourth-order valence-corrected chi connectivity index (χ4v) is 5.22. The number of fused-ring (bicyclic) bond motifs is 1. The second kappa shape index (κ2) is 11.7. The molecule has 7 nitrogen and oxygen atoms in total. The number of aliphatic hydroxyl groups is 1. The summed E-state index contributed by atoms with van der Waals surface area (Å²) in [5.74, 6) is -0.354. The molecule has 0 atom stereocenters. The highest BCUT2D eigenvalue weighted by atomic mass is 16.3. The van der Waals surface area contributed by atoms with Gasteiger partial charge in [-0.3, -0.25) is 23.6 Å². The first kappa shape index (κ1) is 25.8. The molecule has 7 heteroatoms. The summed E-state index contributed by atoms with van der Waals surface area (Å²) in [6.45, 7) is 3.28. The van der Waals surface area contributed by atoms with Crippen molar-refractivity contribution in [1.82, 2.24) is 14.0 Å². The van der Waals surface area contributed by atoms with Gasteiger partial charge in [-0.2, -0.15) is 0 Å². The van der Waals surface area contributed by atoms with Gasteiger partial charge in [-0.15, -0.1) is 0 Å². The summed E-state index contributed by atoms with van der Waals surface area (Å²) < 4.78 is 2.94. The number of para-hydroxylation sites is 1. The molecule has 0 unspecified atom stereocenters. The van der Waals surface area contributed by atoms with Gasteiger partial charge in [0.05, 0.1) is 17.4 Å². The molecule has 1 saturated heterocycles. The third kappa shape index (κ3) is 5.69. The number of hydrogen-bond donors (Lipinski definition) is 1. The smallest absolute Gasteiger partial charge is 0.331 e. The molecular formula is C31H33N3O4. The minimum Gasteiger partial charge on any atom is -0.388 e. The van der Waals surface area contributed by atoms with E-state index in [-0.39, 0.29) is 30.1 Å². The molecule has 38 heavy (non-hydrogen) atoms. The van der Waals surface area contributed by atoms with Gasteiger partial charge < -0.3 is 5.11 Å². The van der Waals surface area contributed by atoms with Crippen molar-refractivity contribution in [2.45, 2.75) is 45.3 Å². The zero-order valence-corrected chi connectivity index (χ0v) is 21.5. The SMILES string of the molecule is O=C(CO)c1ccc(Cn2c(=O)n(CCc3ccc(CN4CCCCC4)cc3)c(=O)c3ccccc32)cc1. The Morgan fingerprint density at radius 1 is 0.737 bits per heavy atom. The van der Waals surface area contributed by atoms with Crippen LogP contribution in [0.2, 0.25) is 0 Å². The molecule has 1 aliphatic rings. The predicted molar refractivity (Wildman–Crippen MR) is 149 cm³/mol. The number of aliphatic hydroxyl groups excluding tert-OH is 1. The van der Waals surface area contributed by atoms with Gasteiger partial charge in [0, 0.05) is 18.7 Å². The van der Waals surface area contributed by atoms with Gasteiger partial charge in [-0.25, -0.2) is 4.79 Å². The summed E-state index contributed by atoms with van der Waals surface area (Å²) in [6, 6.07) is 22.5. The maximum atomic E-state index is 13.6. The lowest BCUT2D eigenvalue weighted by atomic mass is 10.1. The van der Waals surface area contributed by atoms with E-state index in [1.165, 1.54) is 29.4 Å². The first-order valence-electron chi connectivity index (χ1n) is 13.3. The molecule has 0 amide bonds. The normalized spacial score (nSPS) is 14.1. The van der Waals surface area contributed by atoms with Crippen molar-refractivity contribution in [1.29, 1.82) is 0 Å². The van der Waals surface area contributed by atoms with Gasteiger partial charge in [-0.05, 0) is 61.2 Å². The number of likely N-dealkylation sites (tertiary alicyclic amines) is 1. The lowest BCUT2D eigenvalue weighted by Crippen LogP contribution is -2.40. The lowest BCUT2D eigenvalue weighted by molar-refractivity contribution is 0.0903. The number of aromatic nitrogens is 2. The van der Waals surface area contributed by atoms with Crippen molar-refractivity contribution in [2.75, 3.05) is 19.7 Å². The summed E-state index contributed by atoms with van der Waals surface area (Å²) in [4.78, 5) is 41.1. The molecule has 0 saturated carbocycles. The third-order valence-electron chi connectivity index (χ3n) is 7.39. The quantitative estimate of drug-likeness (QED) is 0.347. The number of Topliss-reactive ketones (excluding diaryl/α,β-unsaturated/α-hetero) is 1. The van der Waals surface area contributed by atoms with Crippen LogP contribution in [0, 0.1) is 0 Å². The van der Waals surface area contributed by atoms with Gasteiger partial charge >= 0.3 is 5.69 Å². The first-order valence-corrected chi connectivity index (χ1v) is 13.3. The molecule has 0 bridgehead atoms. The molecule has 0 radical (unpaired) electrons. The number of hydrogen-bond acceptors (Lipinski definition) is 5. The summed E-state index contributed by atoms with van der Waals surface area (Å²) in [5.41, 5.74) is 3.55. The number of rotatable bonds is 9. The van der Waals surface area contributed by atoms with E-state index in [2.05, 4.69) is 29.2 Å². The number of carbonyl (C=O) groups excluding carboxylic acids is 1. The maximum Gasteiger partial charge on any atom is 0.331 e. The van der Waals surface area contributed by atoms with Gasteiger partial charge in [-0.1, -0.05) is 67.1 Å². The Bertz CT molecular complexity index is 1530. The molecule has 1 fully saturated rings. The molecule has 4 aromatic rings. The van der Waals surface area contributed by atoms with E-state index in [1.54, 1.807) is 47.0 Å². The Hall–Kier alpha value is -3.81. The van der Waals surface area contributed by atoms with Crippen LogP contribution in [0.1, 0.15) is 46.3 Å². The van der Waals surface area contributed by atoms with E-state index in [9.17, 15) is 14.4 Å². The molecule has 0 aliphatic carbocycles. The monoisotopic (exact) mass is 511 g/mol. The number of benzene rings is 3. The van der Waals surface area contributed by atoms with Crippen molar-refractivity contribution in [3.63, 3.8) is 0 Å². The lowest BCUT2D eigenvalue weighted by Gasteiger charge is -2.26. The minimum atomic E-state index is -0.546. The van der Waals surface area contributed by atoms with Gasteiger partial charge in [0.25, 0.3) is 5.56 Å². The fourth-order valence-electron chi connectivity index (χ4n) is 5.22. The van der Waals surface area contributed by atoms with Crippen molar-refractivity contribution >= 4 is 16.7 Å². The number of aryl methyl sites for hydroxylation is 1. The van der Waals surface area contributed by atoms with Crippen LogP contribution < -0.4 is 11.2 Å². The zero-order chi connectivity index (χ0) is 26.5. The number of carbonyl (C=O) groups is 1. The Labute approximate surface area is 221 Å². The molecule has 0 spiro atoms. The van der Waals surface area contributed by atoms with Crippen LogP contribution in [0.25, 0.3) is 10.9 Å².